The smallest absolute Gasteiger partial charge is 0.201 e. The van der Waals surface area contributed by atoms with Gasteiger partial charge in [0, 0.05) is 12.6 Å². The van der Waals surface area contributed by atoms with Crippen molar-refractivity contribution in [3.8, 4) is 0 Å². The van der Waals surface area contributed by atoms with Gasteiger partial charge in [0.15, 0.2) is 0 Å². The summed E-state index contributed by atoms with van der Waals surface area (Å²) in [6.07, 6.45) is 0. The maximum absolute atomic E-state index is 13.4. The van der Waals surface area contributed by atoms with E-state index in [9.17, 15) is 4.39 Å². The van der Waals surface area contributed by atoms with Gasteiger partial charge in [0.2, 0.25) is 5.95 Å². The Bertz CT molecular complexity index is 533. The molecule has 0 radical (unpaired) electrons. The number of fused-ring (bicyclic) bond motifs is 1. The molecule has 1 aromatic carbocycles. The van der Waals surface area contributed by atoms with E-state index in [1.54, 1.807) is 6.07 Å². The Morgan fingerprint density at radius 3 is 2.81 bits per heavy atom. The van der Waals surface area contributed by atoms with Crippen LogP contribution in [0.3, 0.4) is 0 Å². The molecular formula is C11H13BrFN3. The number of nitrogens with zero attached hydrogens (tertiary/aromatic N) is 2. The number of aromatic nitrogens is 2. The highest BCUT2D eigenvalue weighted by Crippen LogP contribution is 2.25. The summed E-state index contributed by atoms with van der Waals surface area (Å²) in [5, 5.41) is 0. The summed E-state index contributed by atoms with van der Waals surface area (Å²) < 4.78 is 15.7. The molecule has 2 N–H and O–H groups in total. The van der Waals surface area contributed by atoms with E-state index in [1.807, 2.05) is 4.57 Å². The second kappa shape index (κ2) is 4.05. The fourth-order valence-corrected chi connectivity index (χ4v) is 2.03. The van der Waals surface area contributed by atoms with Gasteiger partial charge in [-0.15, -0.1) is 0 Å². The lowest BCUT2D eigenvalue weighted by Crippen LogP contribution is -2.07. The molecule has 0 amide bonds. The van der Waals surface area contributed by atoms with Crippen molar-refractivity contribution in [3.05, 3.63) is 22.4 Å². The zero-order chi connectivity index (χ0) is 11.9. The first-order chi connectivity index (χ1) is 7.49. The van der Waals surface area contributed by atoms with Crippen LogP contribution in [0.2, 0.25) is 0 Å². The summed E-state index contributed by atoms with van der Waals surface area (Å²) in [6, 6.07) is 3.11. The number of benzene rings is 1. The third-order valence-corrected chi connectivity index (χ3v) is 2.98. The van der Waals surface area contributed by atoms with E-state index in [4.69, 9.17) is 5.73 Å². The Hall–Kier alpha value is -1.10. The third-order valence-electron chi connectivity index (χ3n) is 2.37. The van der Waals surface area contributed by atoms with Crippen LogP contribution in [0, 0.1) is 11.7 Å². The molecule has 0 fully saturated rings. The number of rotatable bonds is 2. The van der Waals surface area contributed by atoms with Crippen LogP contribution >= 0.6 is 15.9 Å². The van der Waals surface area contributed by atoms with Gasteiger partial charge in [0.1, 0.15) is 5.82 Å². The predicted molar refractivity (Wildman–Crippen MR) is 66.6 cm³/mol. The van der Waals surface area contributed by atoms with E-state index >= 15 is 0 Å². The molecule has 0 saturated carbocycles. The van der Waals surface area contributed by atoms with Crippen LogP contribution in [0.25, 0.3) is 11.0 Å². The van der Waals surface area contributed by atoms with E-state index in [-0.39, 0.29) is 5.82 Å². The first-order valence-electron chi connectivity index (χ1n) is 5.09. The molecule has 1 aromatic heterocycles. The highest BCUT2D eigenvalue weighted by Gasteiger charge is 2.12. The maximum Gasteiger partial charge on any atom is 0.201 e. The first kappa shape index (κ1) is 11.4. The second-order valence-electron chi connectivity index (χ2n) is 4.23. The lowest BCUT2D eigenvalue weighted by molar-refractivity contribution is 0.536. The number of nitrogens with two attached hydrogens (primary N) is 1. The van der Waals surface area contributed by atoms with Crippen LogP contribution in [0.4, 0.5) is 10.3 Å². The third kappa shape index (κ3) is 1.91. The summed E-state index contributed by atoms with van der Waals surface area (Å²) in [4.78, 5) is 4.21. The molecule has 16 heavy (non-hydrogen) atoms. The quantitative estimate of drug-likeness (QED) is 0.921. The van der Waals surface area contributed by atoms with Crippen molar-refractivity contribution < 1.29 is 4.39 Å². The molecule has 0 aliphatic heterocycles. The Labute approximate surface area is 102 Å². The number of nitrogen functional groups attached to an aromatic ring is 1. The molecule has 1 heterocycles. The molecule has 2 rings (SSSR count). The number of halogens is 2. The summed E-state index contributed by atoms with van der Waals surface area (Å²) in [5.41, 5.74) is 7.27. The molecule has 0 unspecified atom stereocenters. The first-order valence-corrected chi connectivity index (χ1v) is 5.89. The van der Waals surface area contributed by atoms with Gasteiger partial charge in [0.25, 0.3) is 0 Å². The van der Waals surface area contributed by atoms with Crippen molar-refractivity contribution in [2.45, 2.75) is 20.4 Å². The van der Waals surface area contributed by atoms with E-state index < -0.39 is 0 Å². The van der Waals surface area contributed by atoms with Crippen molar-refractivity contribution in [2.75, 3.05) is 5.73 Å². The lowest BCUT2D eigenvalue weighted by atomic mass is 10.2. The van der Waals surface area contributed by atoms with E-state index in [1.165, 1.54) is 6.07 Å². The van der Waals surface area contributed by atoms with Gasteiger partial charge >= 0.3 is 0 Å². The minimum Gasteiger partial charge on any atom is -0.369 e. The maximum atomic E-state index is 13.4. The Morgan fingerprint density at radius 2 is 2.19 bits per heavy atom. The van der Waals surface area contributed by atoms with Crippen LogP contribution < -0.4 is 5.73 Å². The van der Waals surface area contributed by atoms with E-state index in [0.29, 0.717) is 21.9 Å². The topological polar surface area (TPSA) is 43.8 Å². The van der Waals surface area contributed by atoms with Crippen LogP contribution in [0.1, 0.15) is 13.8 Å². The Balaban J connectivity index is 2.64. The largest absolute Gasteiger partial charge is 0.369 e. The number of hydrogen-bond acceptors (Lipinski definition) is 2. The lowest BCUT2D eigenvalue weighted by Gasteiger charge is -2.09. The van der Waals surface area contributed by atoms with Crippen LogP contribution in [-0.2, 0) is 6.54 Å². The molecule has 2 aromatic rings. The van der Waals surface area contributed by atoms with Gasteiger partial charge in [0.05, 0.1) is 15.5 Å². The number of anilines is 1. The fraction of sp³-hybridized carbons (Fsp3) is 0.364. The van der Waals surface area contributed by atoms with Gasteiger partial charge in [-0.25, -0.2) is 9.37 Å². The number of hydrogen-bond donors (Lipinski definition) is 1. The average molecular weight is 286 g/mol. The Kier molecular flexibility index (Phi) is 2.88. The van der Waals surface area contributed by atoms with Gasteiger partial charge in [-0.3, -0.25) is 0 Å². The highest BCUT2D eigenvalue weighted by molar-refractivity contribution is 9.10. The zero-order valence-electron chi connectivity index (χ0n) is 9.17. The highest BCUT2D eigenvalue weighted by atomic mass is 79.9. The van der Waals surface area contributed by atoms with Crippen molar-refractivity contribution in [1.82, 2.24) is 9.55 Å². The summed E-state index contributed by atoms with van der Waals surface area (Å²) in [5.74, 6) is 0.574. The fourth-order valence-electron chi connectivity index (χ4n) is 1.70. The number of imidazole rings is 1. The minimum atomic E-state index is -0.294. The minimum absolute atomic E-state index is 0.294. The van der Waals surface area contributed by atoms with Crippen molar-refractivity contribution >= 4 is 32.9 Å². The Morgan fingerprint density at radius 1 is 1.50 bits per heavy atom. The molecule has 0 saturated heterocycles. The molecule has 0 aliphatic rings. The van der Waals surface area contributed by atoms with Gasteiger partial charge in [-0.1, -0.05) is 13.8 Å². The standard InChI is InChI=1S/C11H13BrFN3/c1-6(2)5-16-10-4-8(13)7(12)3-9(10)15-11(16)14/h3-4,6H,5H2,1-2H3,(H2,14,15). The van der Waals surface area contributed by atoms with Gasteiger partial charge in [-0.2, -0.15) is 0 Å². The zero-order valence-corrected chi connectivity index (χ0v) is 10.8. The monoisotopic (exact) mass is 285 g/mol. The van der Waals surface area contributed by atoms with Crippen LogP contribution in [-0.4, -0.2) is 9.55 Å². The van der Waals surface area contributed by atoms with Gasteiger partial charge < -0.3 is 10.3 Å². The normalized spacial score (nSPS) is 11.6. The molecule has 3 nitrogen and oxygen atoms in total. The molecule has 0 bridgehead atoms. The van der Waals surface area contributed by atoms with E-state index in [0.717, 1.165) is 12.1 Å². The summed E-state index contributed by atoms with van der Waals surface area (Å²) >= 11 is 3.14. The molecule has 86 valence electrons. The van der Waals surface area contributed by atoms with Crippen LogP contribution in [0.15, 0.2) is 16.6 Å². The summed E-state index contributed by atoms with van der Waals surface area (Å²) in [7, 11) is 0. The summed E-state index contributed by atoms with van der Waals surface area (Å²) in [6.45, 7) is 4.91. The predicted octanol–water partition coefficient (Wildman–Crippen LogP) is 3.18. The molecule has 0 atom stereocenters. The molecule has 0 spiro atoms. The van der Waals surface area contributed by atoms with E-state index in [2.05, 4.69) is 34.8 Å². The van der Waals surface area contributed by atoms with Gasteiger partial charge in [-0.05, 0) is 27.9 Å². The molecule has 5 heteroatoms. The van der Waals surface area contributed by atoms with Crippen molar-refractivity contribution in [2.24, 2.45) is 5.92 Å². The second-order valence-corrected chi connectivity index (χ2v) is 5.08. The molecule has 0 aliphatic carbocycles. The SMILES string of the molecule is CC(C)Cn1c(N)nc2cc(Br)c(F)cc21. The molecular weight excluding hydrogens is 273 g/mol. The van der Waals surface area contributed by atoms with Crippen molar-refractivity contribution in [1.29, 1.82) is 0 Å². The van der Waals surface area contributed by atoms with Crippen LogP contribution in [0.5, 0.6) is 0 Å². The average Bonchev–Trinajstić information content (AvgIpc) is 2.45. The van der Waals surface area contributed by atoms with Crippen molar-refractivity contribution in [3.63, 3.8) is 0 Å².